The second-order valence-corrected chi connectivity index (χ2v) is 5.86. The molecule has 2 aromatic heterocycles. The number of hydrogen-bond donors (Lipinski definition) is 1. The number of nitrogens with zero attached hydrogens (tertiary/aromatic N) is 4. The normalized spacial score (nSPS) is 11.0. The van der Waals surface area contributed by atoms with Crippen LogP contribution in [0.5, 0.6) is 0 Å². The van der Waals surface area contributed by atoms with E-state index in [1.54, 1.807) is 25.4 Å². The number of nitrogens with one attached hydrogen (secondary N) is 1. The van der Waals surface area contributed by atoms with Gasteiger partial charge in [0, 0.05) is 24.3 Å². The Bertz CT molecular complexity index is 957. The van der Waals surface area contributed by atoms with Crippen LogP contribution in [0.25, 0.3) is 10.8 Å². The summed E-state index contributed by atoms with van der Waals surface area (Å²) in [6, 6.07) is 7.28. The molecule has 0 aliphatic heterocycles. The molecule has 124 valence electrons. The Hall–Kier alpha value is -2.96. The number of aryl methyl sites for hydroxylation is 2. The number of aromatic nitrogens is 4. The molecule has 0 atom stereocenters. The first kappa shape index (κ1) is 15.9. The maximum atomic E-state index is 12.5. The topological polar surface area (TPSA) is 83.9 Å². The first-order valence-corrected chi connectivity index (χ1v) is 7.66. The van der Waals surface area contributed by atoms with Crippen LogP contribution in [-0.2, 0) is 17.9 Å². The minimum absolute atomic E-state index is 0.0965. The molecule has 7 heteroatoms. The SMILES string of the molecule is Cc1cnc(CN(C)C(=O)Cn2nc(C)c3ccccc3c2=O)[nH]1. The third-order valence-corrected chi connectivity index (χ3v) is 3.91. The van der Waals surface area contributed by atoms with Gasteiger partial charge in [0.1, 0.15) is 12.4 Å². The van der Waals surface area contributed by atoms with Crippen LogP contribution in [0.1, 0.15) is 17.2 Å². The van der Waals surface area contributed by atoms with Gasteiger partial charge in [-0.2, -0.15) is 5.10 Å². The van der Waals surface area contributed by atoms with Gasteiger partial charge in [0.2, 0.25) is 5.91 Å². The Labute approximate surface area is 138 Å². The van der Waals surface area contributed by atoms with E-state index in [4.69, 9.17) is 0 Å². The molecule has 2 heterocycles. The molecule has 0 aliphatic rings. The summed E-state index contributed by atoms with van der Waals surface area (Å²) in [7, 11) is 1.68. The summed E-state index contributed by atoms with van der Waals surface area (Å²) in [6.07, 6.45) is 1.71. The first-order valence-electron chi connectivity index (χ1n) is 7.66. The highest BCUT2D eigenvalue weighted by Gasteiger charge is 2.15. The number of benzene rings is 1. The van der Waals surface area contributed by atoms with Crippen LogP contribution < -0.4 is 5.56 Å². The summed E-state index contributed by atoms with van der Waals surface area (Å²) in [6.45, 7) is 3.99. The summed E-state index contributed by atoms with van der Waals surface area (Å²) in [4.78, 5) is 33.7. The third kappa shape index (κ3) is 3.05. The van der Waals surface area contributed by atoms with E-state index in [-0.39, 0.29) is 18.0 Å². The molecule has 0 bridgehead atoms. The average molecular weight is 325 g/mol. The smallest absolute Gasteiger partial charge is 0.275 e. The zero-order chi connectivity index (χ0) is 17.3. The molecule has 1 aromatic carbocycles. The quantitative estimate of drug-likeness (QED) is 0.786. The van der Waals surface area contributed by atoms with Gasteiger partial charge in [-0.15, -0.1) is 0 Å². The summed E-state index contributed by atoms with van der Waals surface area (Å²) < 4.78 is 1.23. The number of likely N-dealkylation sites (N-methyl/N-ethyl adjacent to an activating group) is 1. The maximum Gasteiger partial charge on any atom is 0.275 e. The lowest BCUT2D eigenvalue weighted by Crippen LogP contribution is -2.35. The summed E-state index contributed by atoms with van der Waals surface area (Å²) in [5.74, 6) is 0.506. The zero-order valence-electron chi connectivity index (χ0n) is 13.9. The lowest BCUT2D eigenvalue weighted by molar-refractivity contribution is -0.131. The fourth-order valence-electron chi connectivity index (χ4n) is 2.62. The third-order valence-electron chi connectivity index (χ3n) is 3.91. The van der Waals surface area contributed by atoms with E-state index in [1.807, 2.05) is 26.0 Å². The molecule has 3 aromatic rings. The van der Waals surface area contributed by atoms with E-state index in [1.165, 1.54) is 9.58 Å². The van der Waals surface area contributed by atoms with E-state index >= 15 is 0 Å². The van der Waals surface area contributed by atoms with Crippen LogP contribution in [0.4, 0.5) is 0 Å². The predicted octanol–water partition coefficient (Wildman–Crippen LogP) is 1.40. The van der Waals surface area contributed by atoms with Gasteiger partial charge < -0.3 is 9.88 Å². The van der Waals surface area contributed by atoms with Crippen LogP contribution in [-0.4, -0.2) is 37.6 Å². The van der Waals surface area contributed by atoms with E-state index in [2.05, 4.69) is 15.1 Å². The highest BCUT2D eigenvalue weighted by molar-refractivity contribution is 5.83. The Morgan fingerprint density at radius 3 is 2.62 bits per heavy atom. The van der Waals surface area contributed by atoms with Crippen LogP contribution >= 0.6 is 0 Å². The van der Waals surface area contributed by atoms with Crippen molar-refractivity contribution in [1.29, 1.82) is 0 Å². The summed E-state index contributed by atoms with van der Waals surface area (Å²) in [5, 5.41) is 5.65. The highest BCUT2D eigenvalue weighted by Crippen LogP contribution is 2.11. The van der Waals surface area contributed by atoms with Crippen LogP contribution in [0.3, 0.4) is 0 Å². The van der Waals surface area contributed by atoms with Gasteiger partial charge in [0.15, 0.2) is 0 Å². The minimum Gasteiger partial charge on any atom is -0.345 e. The van der Waals surface area contributed by atoms with Crippen LogP contribution in [0.2, 0.25) is 0 Å². The number of H-pyrrole nitrogens is 1. The van der Waals surface area contributed by atoms with Gasteiger partial charge in [-0.1, -0.05) is 18.2 Å². The van der Waals surface area contributed by atoms with Gasteiger partial charge in [-0.3, -0.25) is 9.59 Å². The number of aromatic amines is 1. The minimum atomic E-state index is -0.258. The van der Waals surface area contributed by atoms with Crippen molar-refractivity contribution >= 4 is 16.7 Å². The number of hydrogen-bond acceptors (Lipinski definition) is 4. The molecule has 24 heavy (non-hydrogen) atoms. The van der Waals surface area contributed by atoms with Crippen molar-refractivity contribution in [2.45, 2.75) is 26.9 Å². The van der Waals surface area contributed by atoms with Crippen LogP contribution in [0, 0.1) is 13.8 Å². The molecule has 0 saturated carbocycles. The Kier molecular flexibility index (Phi) is 4.16. The van der Waals surface area contributed by atoms with Gasteiger partial charge in [0.25, 0.3) is 5.56 Å². The van der Waals surface area contributed by atoms with Crippen molar-refractivity contribution in [2.24, 2.45) is 0 Å². The number of amides is 1. The van der Waals surface area contributed by atoms with Crippen molar-refractivity contribution < 1.29 is 4.79 Å². The van der Waals surface area contributed by atoms with Gasteiger partial charge in [-0.05, 0) is 19.9 Å². The van der Waals surface area contributed by atoms with Crippen molar-refractivity contribution in [3.63, 3.8) is 0 Å². The molecule has 1 amide bonds. The Morgan fingerprint density at radius 2 is 1.96 bits per heavy atom. The van der Waals surface area contributed by atoms with E-state index in [0.29, 0.717) is 17.8 Å². The standard InChI is InChI=1S/C17H19N5O2/c1-11-8-18-15(19-11)9-21(3)16(23)10-22-17(24)14-7-5-4-6-13(14)12(2)20-22/h4-8H,9-10H2,1-3H3,(H,18,19). The maximum absolute atomic E-state index is 12.5. The van der Waals surface area contributed by atoms with E-state index in [0.717, 1.165) is 16.8 Å². The molecule has 0 saturated heterocycles. The first-order chi connectivity index (χ1) is 11.5. The molecule has 0 fully saturated rings. The molecular formula is C17H19N5O2. The molecule has 0 aliphatic carbocycles. The second kappa shape index (κ2) is 6.27. The Morgan fingerprint density at radius 1 is 1.25 bits per heavy atom. The van der Waals surface area contributed by atoms with Crippen molar-refractivity contribution in [1.82, 2.24) is 24.6 Å². The molecule has 7 nitrogen and oxygen atoms in total. The van der Waals surface area contributed by atoms with Gasteiger partial charge in [0.05, 0.1) is 17.6 Å². The van der Waals surface area contributed by atoms with Crippen molar-refractivity contribution in [3.05, 3.63) is 58.0 Å². The number of carbonyl (C=O) groups excluding carboxylic acids is 1. The van der Waals surface area contributed by atoms with E-state index < -0.39 is 0 Å². The number of fused-ring (bicyclic) bond motifs is 1. The van der Waals surface area contributed by atoms with Gasteiger partial charge >= 0.3 is 0 Å². The number of rotatable bonds is 4. The number of carbonyl (C=O) groups is 1. The number of imidazole rings is 1. The van der Waals surface area contributed by atoms with Crippen molar-refractivity contribution in [3.8, 4) is 0 Å². The molecule has 3 rings (SSSR count). The molecular weight excluding hydrogens is 306 g/mol. The average Bonchev–Trinajstić information content (AvgIpc) is 2.97. The Balaban J connectivity index is 1.82. The zero-order valence-corrected chi connectivity index (χ0v) is 13.9. The summed E-state index contributed by atoms with van der Waals surface area (Å²) >= 11 is 0. The monoisotopic (exact) mass is 325 g/mol. The molecule has 0 spiro atoms. The van der Waals surface area contributed by atoms with E-state index in [9.17, 15) is 9.59 Å². The lowest BCUT2D eigenvalue weighted by Gasteiger charge is -2.16. The van der Waals surface area contributed by atoms with Crippen molar-refractivity contribution in [2.75, 3.05) is 7.05 Å². The molecule has 1 N–H and O–H groups in total. The van der Waals surface area contributed by atoms with Gasteiger partial charge in [-0.25, -0.2) is 9.67 Å². The molecule has 0 unspecified atom stereocenters. The second-order valence-electron chi connectivity index (χ2n) is 5.86. The van der Waals surface area contributed by atoms with Crippen LogP contribution in [0.15, 0.2) is 35.3 Å². The lowest BCUT2D eigenvalue weighted by atomic mass is 10.1. The largest absolute Gasteiger partial charge is 0.345 e. The fourth-order valence-corrected chi connectivity index (χ4v) is 2.62. The fraction of sp³-hybridized carbons (Fsp3) is 0.294. The highest BCUT2D eigenvalue weighted by atomic mass is 16.2. The predicted molar refractivity (Wildman–Crippen MR) is 90.5 cm³/mol. The summed E-state index contributed by atoms with van der Waals surface area (Å²) in [5.41, 5.74) is 1.41. The molecule has 0 radical (unpaired) electrons.